The summed E-state index contributed by atoms with van der Waals surface area (Å²) >= 11 is 0. The molecule has 2 N–H and O–H groups in total. The van der Waals surface area contributed by atoms with Gasteiger partial charge >= 0.3 is 0 Å². The van der Waals surface area contributed by atoms with Crippen LogP contribution >= 0.6 is 0 Å². The van der Waals surface area contributed by atoms with Crippen molar-refractivity contribution in [2.24, 2.45) is 5.73 Å². The smallest absolute Gasteiger partial charge is 0.0709 e. The molecule has 1 rings (SSSR count). The van der Waals surface area contributed by atoms with Crippen molar-refractivity contribution in [1.29, 1.82) is 0 Å². The largest absolute Gasteiger partial charge is 0.377 e. The molecular formula is C14H25N3O. The molecule has 0 aliphatic rings. The van der Waals surface area contributed by atoms with Gasteiger partial charge in [-0.15, -0.1) is 0 Å². The van der Waals surface area contributed by atoms with Crippen molar-refractivity contribution in [2.75, 3.05) is 33.3 Å². The summed E-state index contributed by atoms with van der Waals surface area (Å²) in [6, 6.07) is 4.13. The van der Waals surface area contributed by atoms with Crippen LogP contribution in [0.5, 0.6) is 0 Å². The molecule has 0 radical (unpaired) electrons. The minimum atomic E-state index is 0.193. The van der Waals surface area contributed by atoms with E-state index in [4.69, 9.17) is 10.5 Å². The summed E-state index contributed by atoms with van der Waals surface area (Å²) < 4.78 is 5.54. The highest BCUT2D eigenvalue weighted by atomic mass is 16.5. The predicted octanol–water partition coefficient (Wildman–Crippen LogP) is 1.31. The van der Waals surface area contributed by atoms with Crippen LogP contribution in [0.15, 0.2) is 24.5 Å². The molecule has 0 spiro atoms. The average Bonchev–Trinajstić information content (AvgIpc) is 2.42. The Balaban J connectivity index is 2.19. The Morgan fingerprint density at radius 2 is 2.06 bits per heavy atom. The molecule has 0 amide bonds. The maximum atomic E-state index is 5.66. The van der Waals surface area contributed by atoms with Gasteiger partial charge in [-0.05, 0) is 44.5 Å². The monoisotopic (exact) mass is 251 g/mol. The molecule has 0 bridgehead atoms. The molecule has 0 saturated carbocycles. The zero-order valence-electron chi connectivity index (χ0n) is 11.5. The maximum Gasteiger partial charge on any atom is 0.0709 e. The van der Waals surface area contributed by atoms with E-state index in [2.05, 4.69) is 29.1 Å². The van der Waals surface area contributed by atoms with Gasteiger partial charge in [0.2, 0.25) is 0 Å². The summed E-state index contributed by atoms with van der Waals surface area (Å²) in [5.74, 6) is 0. The van der Waals surface area contributed by atoms with Crippen molar-refractivity contribution in [2.45, 2.75) is 25.9 Å². The molecule has 0 aliphatic carbocycles. The van der Waals surface area contributed by atoms with Crippen LogP contribution in [0.1, 0.15) is 18.9 Å². The van der Waals surface area contributed by atoms with Crippen LogP contribution < -0.4 is 5.73 Å². The quantitative estimate of drug-likeness (QED) is 0.719. The van der Waals surface area contributed by atoms with Gasteiger partial charge in [0, 0.05) is 38.6 Å². The van der Waals surface area contributed by atoms with Crippen LogP contribution in [0.3, 0.4) is 0 Å². The molecule has 1 atom stereocenters. The van der Waals surface area contributed by atoms with Crippen molar-refractivity contribution in [3.63, 3.8) is 0 Å². The molecule has 1 heterocycles. The van der Waals surface area contributed by atoms with Gasteiger partial charge in [-0.3, -0.25) is 4.98 Å². The number of ether oxygens (including phenoxy) is 1. The zero-order valence-corrected chi connectivity index (χ0v) is 11.5. The molecule has 0 aliphatic heterocycles. The number of rotatable bonds is 9. The summed E-state index contributed by atoms with van der Waals surface area (Å²) in [4.78, 5) is 6.34. The minimum absolute atomic E-state index is 0.193. The van der Waals surface area contributed by atoms with E-state index in [1.54, 1.807) is 0 Å². The topological polar surface area (TPSA) is 51.4 Å². The average molecular weight is 251 g/mol. The van der Waals surface area contributed by atoms with Gasteiger partial charge in [0.25, 0.3) is 0 Å². The molecule has 0 fully saturated rings. The van der Waals surface area contributed by atoms with E-state index in [1.807, 2.05) is 19.3 Å². The summed E-state index contributed by atoms with van der Waals surface area (Å²) in [5.41, 5.74) is 6.99. The molecule has 1 aromatic rings. The first-order valence-electron chi connectivity index (χ1n) is 6.65. The lowest BCUT2D eigenvalue weighted by molar-refractivity contribution is 0.0565. The third kappa shape index (κ3) is 6.10. The second-order valence-electron chi connectivity index (χ2n) is 4.51. The zero-order chi connectivity index (χ0) is 13.2. The minimum Gasteiger partial charge on any atom is -0.377 e. The fraction of sp³-hybridized carbons (Fsp3) is 0.643. The molecule has 0 aromatic carbocycles. The molecule has 18 heavy (non-hydrogen) atoms. The van der Waals surface area contributed by atoms with E-state index >= 15 is 0 Å². The first-order valence-corrected chi connectivity index (χ1v) is 6.65. The SMILES string of the molecule is CCOC(CN)CCN(C)CCc1ccncc1. The number of aromatic nitrogens is 1. The van der Waals surface area contributed by atoms with E-state index in [0.717, 1.165) is 32.5 Å². The van der Waals surface area contributed by atoms with Gasteiger partial charge < -0.3 is 15.4 Å². The third-order valence-electron chi connectivity index (χ3n) is 3.03. The molecule has 0 saturated heterocycles. The first-order chi connectivity index (χ1) is 8.76. The highest BCUT2D eigenvalue weighted by Gasteiger charge is 2.07. The van der Waals surface area contributed by atoms with Gasteiger partial charge in [0.1, 0.15) is 0 Å². The van der Waals surface area contributed by atoms with Crippen LogP contribution in [0.2, 0.25) is 0 Å². The van der Waals surface area contributed by atoms with Gasteiger partial charge in [-0.1, -0.05) is 0 Å². The predicted molar refractivity (Wildman–Crippen MR) is 74.5 cm³/mol. The lowest BCUT2D eigenvalue weighted by atomic mass is 10.2. The fourth-order valence-corrected chi connectivity index (χ4v) is 1.85. The maximum absolute atomic E-state index is 5.66. The molecular weight excluding hydrogens is 226 g/mol. The Morgan fingerprint density at radius 3 is 2.67 bits per heavy atom. The molecule has 1 unspecified atom stereocenters. The van der Waals surface area contributed by atoms with E-state index in [1.165, 1.54) is 5.56 Å². The number of hydrogen-bond acceptors (Lipinski definition) is 4. The fourth-order valence-electron chi connectivity index (χ4n) is 1.85. The molecule has 4 nitrogen and oxygen atoms in total. The van der Waals surface area contributed by atoms with E-state index in [9.17, 15) is 0 Å². The van der Waals surface area contributed by atoms with Crippen molar-refractivity contribution in [3.05, 3.63) is 30.1 Å². The molecule has 1 aromatic heterocycles. The summed E-state index contributed by atoms with van der Waals surface area (Å²) in [6.45, 7) is 5.42. The van der Waals surface area contributed by atoms with Crippen molar-refractivity contribution in [3.8, 4) is 0 Å². The normalized spacial score (nSPS) is 12.9. The highest BCUT2D eigenvalue weighted by molar-refractivity contribution is 5.09. The number of nitrogens with two attached hydrogens (primary N) is 1. The van der Waals surface area contributed by atoms with Gasteiger partial charge in [-0.2, -0.15) is 0 Å². The van der Waals surface area contributed by atoms with Crippen LogP contribution in [0, 0.1) is 0 Å². The Bertz CT molecular complexity index is 305. The lowest BCUT2D eigenvalue weighted by Crippen LogP contribution is -2.30. The van der Waals surface area contributed by atoms with Crippen LogP contribution in [-0.2, 0) is 11.2 Å². The number of hydrogen-bond donors (Lipinski definition) is 1. The van der Waals surface area contributed by atoms with Gasteiger partial charge in [-0.25, -0.2) is 0 Å². The van der Waals surface area contributed by atoms with Crippen molar-refractivity contribution in [1.82, 2.24) is 9.88 Å². The standard InChI is InChI=1S/C14H25N3O/c1-3-18-14(12-15)7-11-17(2)10-6-13-4-8-16-9-5-13/h4-5,8-9,14H,3,6-7,10-12,15H2,1-2H3. The Kier molecular flexibility index (Phi) is 7.57. The number of likely N-dealkylation sites (N-methyl/N-ethyl adjacent to an activating group) is 1. The number of nitrogens with zero attached hydrogens (tertiary/aromatic N) is 2. The Labute approximate surface area is 110 Å². The second kappa shape index (κ2) is 9.03. The lowest BCUT2D eigenvalue weighted by Gasteiger charge is -2.20. The number of pyridine rings is 1. The van der Waals surface area contributed by atoms with Crippen molar-refractivity contribution >= 4 is 0 Å². The third-order valence-corrected chi connectivity index (χ3v) is 3.03. The Hall–Kier alpha value is -0.970. The van der Waals surface area contributed by atoms with Gasteiger partial charge in [0.05, 0.1) is 6.10 Å². The molecule has 4 heteroatoms. The van der Waals surface area contributed by atoms with Crippen LogP contribution in [0.25, 0.3) is 0 Å². The van der Waals surface area contributed by atoms with E-state index in [0.29, 0.717) is 6.54 Å². The second-order valence-corrected chi connectivity index (χ2v) is 4.51. The van der Waals surface area contributed by atoms with Gasteiger partial charge in [0.15, 0.2) is 0 Å². The highest BCUT2D eigenvalue weighted by Crippen LogP contribution is 2.02. The summed E-state index contributed by atoms with van der Waals surface area (Å²) in [6.07, 6.45) is 5.93. The molecule has 102 valence electrons. The van der Waals surface area contributed by atoms with E-state index < -0.39 is 0 Å². The van der Waals surface area contributed by atoms with Crippen LogP contribution in [-0.4, -0.2) is 49.3 Å². The Morgan fingerprint density at radius 1 is 1.33 bits per heavy atom. The van der Waals surface area contributed by atoms with Crippen molar-refractivity contribution < 1.29 is 4.74 Å². The first kappa shape index (κ1) is 15.1. The summed E-state index contributed by atoms with van der Waals surface area (Å²) in [7, 11) is 2.14. The van der Waals surface area contributed by atoms with E-state index in [-0.39, 0.29) is 6.10 Å². The van der Waals surface area contributed by atoms with Crippen LogP contribution in [0.4, 0.5) is 0 Å². The summed E-state index contributed by atoms with van der Waals surface area (Å²) in [5, 5.41) is 0.